The van der Waals surface area contributed by atoms with Gasteiger partial charge in [-0.3, -0.25) is 9.18 Å². The van der Waals surface area contributed by atoms with Gasteiger partial charge in [-0.25, -0.2) is 14.5 Å². The van der Waals surface area contributed by atoms with Gasteiger partial charge in [-0.15, -0.1) is 5.10 Å². The number of carboxylic acid groups (broad SMARTS) is 1. The molecule has 0 bridgehead atoms. The summed E-state index contributed by atoms with van der Waals surface area (Å²) in [5.74, 6) is -0.553. The number of aromatic nitrogens is 4. The highest BCUT2D eigenvalue weighted by Gasteiger charge is 2.28. The van der Waals surface area contributed by atoms with E-state index in [1.54, 1.807) is 19.2 Å². The van der Waals surface area contributed by atoms with Crippen molar-refractivity contribution in [3.05, 3.63) is 23.5 Å². The Hall–Kier alpha value is -3.24. The first kappa shape index (κ1) is 23.4. The zero-order chi connectivity index (χ0) is 23.1. The second kappa shape index (κ2) is 10.9. The van der Waals surface area contributed by atoms with E-state index in [9.17, 15) is 19.1 Å². The number of rotatable bonds is 9. The molecule has 1 fully saturated rings. The van der Waals surface area contributed by atoms with E-state index < -0.39 is 18.7 Å². The molecule has 2 atom stereocenters. The Bertz CT molecular complexity index is 951. The minimum absolute atomic E-state index is 0.00917. The monoisotopic (exact) mass is 449 g/mol. The van der Waals surface area contributed by atoms with Crippen LogP contribution in [0.15, 0.2) is 12.1 Å². The van der Waals surface area contributed by atoms with E-state index in [4.69, 9.17) is 9.47 Å². The number of carbonyl (C=O) groups is 2. The number of carboxylic acids is 1. The van der Waals surface area contributed by atoms with Crippen molar-refractivity contribution in [3.8, 4) is 17.1 Å². The third-order valence-electron chi connectivity index (χ3n) is 5.40. The molecule has 10 nitrogen and oxygen atoms in total. The lowest BCUT2D eigenvalue weighted by molar-refractivity contribution is -0.143. The minimum atomic E-state index is -0.779. The van der Waals surface area contributed by atoms with Gasteiger partial charge in [-0.2, -0.15) is 0 Å². The highest BCUT2D eigenvalue weighted by molar-refractivity contribution is 5.70. The number of alkyl halides is 1. The van der Waals surface area contributed by atoms with Crippen LogP contribution in [0, 0.1) is 12.8 Å². The second-order valence-electron chi connectivity index (χ2n) is 7.76. The molecule has 11 heteroatoms. The van der Waals surface area contributed by atoms with E-state index in [0.717, 1.165) is 12.8 Å². The molecule has 1 aliphatic carbocycles. The van der Waals surface area contributed by atoms with Crippen molar-refractivity contribution in [1.29, 1.82) is 0 Å². The number of aryl methyl sites for hydroxylation is 2. The molecule has 2 aromatic heterocycles. The lowest BCUT2D eigenvalue weighted by Crippen LogP contribution is -2.29. The van der Waals surface area contributed by atoms with E-state index in [-0.39, 0.29) is 31.6 Å². The van der Waals surface area contributed by atoms with Crippen LogP contribution < -0.4 is 10.1 Å². The van der Waals surface area contributed by atoms with Crippen LogP contribution in [0.25, 0.3) is 11.4 Å². The van der Waals surface area contributed by atoms with Gasteiger partial charge in [0.2, 0.25) is 0 Å². The fraction of sp³-hybridized carbons (Fsp3) is 0.571. The van der Waals surface area contributed by atoms with Gasteiger partial charge in [0.05, 0.1) is 48.9 Å². The number of nitrogens with one attached hydrogen (secondary N) is 1. The highest BCUT2D eigenvalue weighted by Crippen LogP contribution is 2.30. The van der Waals surface area contributed by atoms with Crippen LogP contribution in [-0.4, -0.2) is 56.5 Å². The lowest BCUT2D eigenvalue weighted by Gasteiger charge is -2.27. The number of aliphatic carboxylic acids is 1. The van der Waals surface area contributed by atoms with Gasteiger partial charge in [0.1, 0.15) is 11.4 Å². The van der Waals surface area contributed by atoms with E-state index >= 15 is 0 Å². The maximum Gasteiger partial charge on any atom is 0.407 e. The number of nitrogens with zero attached hydrogens (tertiary/aromatic N) is 4. The Morgan fingerprint density at radius 1 is 1.34 bits per heavy atom. The van der Waals surface area contributed by atoms with Crippen LogP contribution in [0.3, 0.4) is 0 Å². The Labute approximate surface area is 185 Å². The lowest BCUT2D eigenvalue weighted by atomic mass is 9.87. The Kier molecular flexibility index (Phi) is 7.96. The third-order valence-corrected chi connectivity index (χ3v) is 5.40. The summed E-state index contributed by atoms with van der Waals surface area (Å²) in [7, 11) is 1.70. The molecule has 1 saturated carbocycles. The SMILES string of the molecule is Cc1nc(-c2nnn(C)c2CNC(=O)OCCCF)ccc1O[C@H]1CCC[C@H](C(=O)O)C1. The number of halogens is 1. The highest BCUT2D eigenvalue weighted by atomic mass is 19.1. The first-order valence-corrected chi connectivity index (χ1v) is 10.6. The van der Waals surface area contributed by atoms with Crippen molar-refractivity contribution in [2.24, 2.45) is 13.0 Å². The normalized spacial score (nSPS) is 18.2. The average Bonchev–Trinajstić information content (AvgIpc) is 3.14. The van der Waals surface area contributed by atoms with E-state index in [0.29, 0.717) is 41.4 Å². The van der Waals surface area contributed by atoms with E-state index in [1.807, 2.05) is 6.92 Å². The number of hydrogen-bond acceptors (Lipinski definition) is 7. The van der Waals surface area contributed by atoms with Crippen LogP contribution >= 0.6 is 0 Å². The van der Waals surface area contributed by atoms with Crippen molar-refractivity contribution < 1.29 is 28.6 Å². The zero-order valence-electron chi connectivity index (χ0n) is 18.2. The molecule has 0 unspecified atom stereocenters. The molecule has 3 rings (SSSR count). The average molecular weight is 449 g/mol. The minimum Gasteiger partial charge on any atom is -0.489 e. The van der Waals surface area contributed by atoms with Gasteiger partial charge < -0.3 is 19.9 Å². The second-order valence-corrected chi connectivity index (χ2v) is 7.76. The summed E-state index contributed by atoms with van der Waals surface area (Å²) in [5, 5.41) is 20.0. The summed E-state index contributed by atoms with van der Waals surface area (Å²) in [5.41, 5.74) is 2.35. The third kappa shape index (κ3) is 5.92. The van der Waals surface area contributed by atoms with Crippen LogP contribution in [-0.2, 0) is 23.1 Å². The summed E-state index contributed by atoms with van der Waals surface area (Å²) in [6.07, 6.45) is 2.14. The molecule has 0 spiro atoms. The Balaban J connectivity index is 1.67. The number of pyridine rings is 1. The van der Waals surface area contributed by atoms with E-state index in [1.165, 1.54) is 4.68 Å². The summed E-state index contributed by atoms with van der Waals surface area (Å²) in [6, 6.07) is 3.55. The van der Waals surface area contributed by atoms with Gasteiger partial charge >= 0.3 is 12.1 Å². The molecule has 0 saturated heterocycles. The number of carbonyl (C=O) groups excluding carboxylic acids is 1. The van der Waals surface area contributed by atoms with Gasteiger partial charge in [-0.1, -0.05) is 5.21 Å². The number of amides is 1. The number of ether oxygens (including phenoxy) is 2. The Morgan fingerprint density at radius 2 is 2.16 bits per heavy atom. The fourth-order valence-corrected chi connectivity index (χ4v) is 3.66. The van der Waals surface area contributed by atoms with Crippen molar-refractivity contribution in [3.63, 3.8) is 0 Å². The Morgan fingerprint density at radius 3 is 2.88 bits per heavy atom. The number of hydrogen-bond donors (Lipinski definition) is 2. The van der Waals surface area contributed by atoms with Gasteiger partial charge in [0, 0.05) is 13.5 Å². The molecule has 32 heavy (non-hydrogen) atoms. The molecule has 0 aliphatic heterocycles. The van der Waals surface area contributed by atoms with Crippen LogP contribution in [0.5, 0.6) is 5.75 Å². The van der Waals surface area contributed by atoms with Crippen molar-refractivity contribution >= 4 is 12.1 Å². The van der Waals surface area contributed by atoms with Crippen LogP contribution in [0.2, 0.25) is 0 Å². The molecule has 1 aliphatic rings. The summed E-state index contributed by atoms with van der Waals surface area (Å²) < 4.78 is 24.6. The molecule has 0 aromatic carbocycles. The van der Waals surface area contributed by atoms with Crippen molar-refractivity contribution in [2.75, 3.05) is 13.3 Å². The predicted octanol–water partition coefficient (Wildman–Crippen LogP) is 2.79. The smallest absolute Gasteiger partial charge is 0.407 e. The molecule has 2 N–H and O–H groups in total. The summed E-state index contributed by atoms with van der Waals surface area (Å²) >= 11 is 0. The topological polar surface area (TPSA) is 128 Å². The van der Waals surface area contributed by atoms with Crippen LogP contribution in [0.4, 0.5) is 9.18 Å². The van der Waals surface area contributed by atoms with Gasteiger partial charge in [0.25, 0.3) is 0 Å². The van der Waals surface area contributed by atoms with Gasteiger partial charge in [-0.05, 0) is 44.7 Å². The maximum atomic E-state index is 12.1. The molecule has 2 aromatic rings. The van der Waals surface area contributed by atoms with Crippen molar-refractivity contribution in [1.82, 2.24) is 25.3 Å². The fourth-order valence-electron chi connectivity index (χ4n) is 3.66. The van der Waals surface area contributed by atoms with Gasteiger partial charge in [0.15, 0.2) is 0 Å². The van der Waals surface area contributed by atoms with Crippen molar-refractivity contribution in [2.45, 2.75) is 51.7 Å². The molecular formula is C21H28FN5O5. The maximum absolute atomic E-state index is 12.1. The molecular weight excluding hydrogens is 421 g/mol. The molecule has 174 valence electrons. The first-order valence-electron chi connectivity index (χ1n) is 10.6. The largest absolute Gasteiger partial charge is 0.489 e. The summed E-state index contributed by atoms with van der Waals surface area (Å²) in [6.45, 7) is 1.39. The standard InChI is InChI=1S/C21H28FN5O5/c1-13-18(32-15-6-3-5-14(11-15)20(28)29)8-7-16(24-13)19-17(27(2)26-25-19)12-23-21(30)31-10-4-9-22/h7-8,14-15H,3-6,9-12H2,1-2H3,(H,23,30)(H,28,29)/t14-,15-/m0/s1. The quantitative estimate of drug-likeness (QED) is 0.559. The van der Waals surface area contributed by atoms with Crippen LogP contribution in [0.1, 0.15) is 43.5 Å². The predicted molar refractivity (Wildman–Crippen MR) is 112 cm³/mol. The molecule has 2 heterocycles. The molecule has 0 radical (unpaired) electrons. The zero-order valence-corrected chi connectivity index (χ0v) is 18.2. The summed E-state index contributed by atoms with van der Waals surface area (Å²) in [4.78, 5) is 27.6. The number of alkyl carbamates (subject to hydrolysis) is 1. The van der Waals surface area contributed by atoms with E-state index in [2.05, 4.69) is 20.6 Å². The first-order chi connectivity index (χ1) is 15.4. The molecule has 1 amide bonds.